The van der Waals surface area contributed by atoms with Gasteiger partial charge in [-0.05, 0) is 19.1 Å². The lowest BCUT2D eigenvalue weighted by Crippen LogP contribution is -2.33. The maximum Gasteiger partial charge on any atom is 0.417 e. The van der Waals surface area contributed by atoms with Crippen molar-refractivity contribution >= 4 is 11.9 Å². The lowest BCUT2D eigenvalue weighted by Gasteiger charge is -2.19. The first-order chi connectivity index (χ1) is 9.79. The Morgan fingerprint density at radius 1 is 1.33 bits per heavy atom. The van der Waals surface area contributed by atoms with Gasteiger partial charge < -0.3 is 9.64 Å². The first-order valence-corrected chi connectivity index (χ1v) is 6.19. The average Bonchev–Trinajstić information content (AvgIpc) is 2.46. The molecule has 1 amide bonds. The molecule has 0 aliphatic heterocycles. The summed E-state index contributed by atoms with van der Waals surface area (Å²) in [6.07, 6.45) is -3.87. The normalized spacial score (nSPS) is 11.1. The van der Waals surface area contributed by atoms with Crippen LogP contribution in [0, 0.1) is 0 Å². The first-order valence-electron chi connectivity index (χ1n) is 6.19. The summed E-state index contributed by atoms with van der Waals surface area (Å²) in [5, 5.41) is 0. The second-order valence-electron chi connectivity index (χ2n) is 4.14. The molecule has 0 radical (unpaired) electrons. The minimum Gasteiger partial charge on any atom is -0.469 e. The van der Waals surface area contributed by atoms with Crippen molar-refractivity contribution in [1.82, 2.24) is 9.88 Å². The van der Waals surface area contributed by atoms with Gasteiger partial charge in [-0.25, -0.2) is 0 Å². The van der Waals surface area contributed by atoms with Gasteiger partial charge in [0.2, 0.25) is 0 Å². The molecule has 0 atom stereocenters. The molecule has 0 saturated carbocycles. The van der Waals surface area contributed by atoms with Crippen LogP contribution in [-0.2, 0) is 15.7 Å². The molecule has 0 aromatic carbocycles. The third-order valence-corrected chi connectivity index (χ3v) is 2.79. The van der Waals surface area contributed by atoms with E-state index >= 15 is 0 Å². The van der Waals surface area contributed by atoms with Gasteiger partial charge in [-0.1, -0.05) is 0 Å². The molecule has 21 heavy (non-hydrogen) atoms. The van der Waals surface area contributed by atoms with Crippen LogP contribution in [-0.4, -0.2) is 42.0 Å². The van der Waals surface area contributed by atoms with E-state index in [1.54, 1.807) is 6.92 Å². The van der Waals surface area contributed by atoms with Gasteiger partial charge in [0, 0.05) is 19.3 Å². The zero-order chi connectivity index (χ0) is 16.0. The Bertz CT molecular complexity index is 500. The molecular formula is C13H15F3N2O3. The number of amides is 1. The highest BCUT2D eigenvalue weighted by Gasteiger charge is 2.31. The molecule has 8 heteroatoms. The van der Waals surface area contributed by atoms with Crippen molar-refractivity contribution in [3.63, 3.8) is 0 Å². The molecule has 1 rings (SSSR count). The van der Waals surface area contributed by atoms with Gasteiger partial charge in [0.05, 0.1) is 19.1 Å². The second kappa shape index (κ2) is 7.05. The van der Waals surface area contributed by atoms with Crippen LogP contribution in [0.15, 0.2) is 18.3 Å². The van der Waals surface area contributed by atoms with Crippen LogP contribution in [0.3, 0.4) is 0 Å². The van der Waals surface area contributed by atoms with Crippen molar-refractivity contribution in [2.24, 2.45) is 0 Å². The van der Waals surface area contributed by atoms with Gasteiger partial charge in [-0.15, -0.1) is 0 Å². The van der Waals surface area contributed by atoms with E-state index in [0.29, 0.717) is 12.7 Å². The number of halogens is 3. The van der Waals surface area contributed by atoms with E-state index in [1.807, 2.05) is 0 Å². The standard InChI is InChI=1S/C13H15F3N2O3/c1-3-18(7-6-11(19)21-2)12(20)10-5-4-9(8-17-10)13(14,15)16/h4-5,8H,3,6-7H2,1-2H3. The van der Waals surface area contributed by atoms with Crippen molar-refractivity contribution in [3.8, 4) is 0 Å². The molecule has 5 nitrogen and oxygen atoms in total. The highest BCUT2D eigenvalue weighted by Crippen LogP contribution is 2.28. The second-order valence-corrected chi connectivity index (χ2v) is 4.14. The first kappa shape index (κ1) is 16.9. The molecule has 116 valence electrons. The molecule has 1 aromatic heterocycles. The number of methoxy groups -OCH3 is 1. The van der Waals surface area contributed by atoms with E-state index in [0.717, 1.165) is 12.1 Å². The summed E-state index contributed by atoms with van der Waals surface area (Å²) in [6, 6.07) is 1.82. The zero-order valence-corrected chi connectivity index (χ0v) is 11.6. The number of alkyl halides is 3. The Morgan fingerprint density at radius 3 is 2.43 bits per heavy atom. The van der Waals surface area contributed by atoms with E-state index in [4.69, 9.17) is 0 Å². The van der Waals surface area contributed by atoms with Crippen LogP contribution in [0.25, 0.3) is 0 Å². The van der Waals surface area contributed by atoms with Crippen LogP contribution in [0.1, 0.15) is 29.4 Å². The van der Waals surface area contributed by atoms with Gasteiger partial charge in [-0.2, -0.15) is 13.2 Å². The minimum atomic E-state index is -4.50. The summed E-state index contributed by atoms with van der Waals surface area (Å²) >= 11 is 0. The van der Waals surface area contributed by atoms with Crippen molar-refractivity contribution in [2.45, 2.75) is 19.5 Å². The lowest BCUT2D eigenvalue weighted by molar-refractivity contribution is -0.141. The molecule has 0 N–H and O–H groups in total. The highest BCUT2D eigenvalue weighted by atomic mass is 19.4. The number of carbonyl (C=O) groups excluding carboxylic acids is 2. The predicted molar refractivity (Wildman–Crippen MR) is 67.4 cm³/mol. The fourth-order valence-corrected chi connectivity index (χ4v) is 1.58. The van der Waals surface area contributed by atoms with Gasteiger partial charge >= 0.3 is 12.1 Å². The Hall–Kier alpha value is -2.12. The fourth-order valence-electron chi connectivity index (χ4n) is 1.58. The van der Waals surface area contributed by atoms with E-state index < -0.39 is 23.6 Å². The monoisotopic (exact) mass is 304 g/mol. The summed E-state index contributed by atoms with van der Waals surface area (Å²) in [5.41, 5.74) is -1.02. The van der Waals surface area contributed by atoms with E-state index in [1.165, 1.54) is 12.0 Å². The number of pyridine rings is 1. The third kappa shape index (κ3) is 4.73. The number of hydrogen-bond donors (Lipinski definition) is 0. The molecule has 0 fully saturated rings. The topological polar surface area (TPSA) is 59.5 Å². The van der Waals surface area contributed by atoms with E-state index in [2.05, 4.69) is 9.72 Å². The maximum absolute atomic E-state index is 12.4. The minimum absolute atomic E-state index is 0.0106. The van der Waals surface area contributed by atoms with Crippen LogP contribution >= 0.6 is 0 Å². The van der Waals surface area contributed by atoms with Gasteiger partial charge in [0.1, 0.15) is 5.69 Å². The number of hydrogen-bond acceptors (Lipinski definition) is 4. The lowest BCUT2D eigenvalue weighted by atomic mass is 10.2. The average molecular weight is 304 g/mol. The maximum atomic E-state index is 12.4. The summed E-state index contributed by atoms with van der Waals surface area (Å²) in [7, 11) is 1.23. The number of aromatic nitrogens is 1. The molecular weight excluding hydrogens is 289 g/mol. The van der Waals surface area contributed by atoms with E-state index in [-0.39, 0.29) is 18.7 Å². The molecule has 0 unspecified atom stereocenters. The van der Waals surface area contributed by atoms with Crippen molar-refractivity contribution in [3.05, 3.63) is 29.6 Å². The van der Waals surface area contributed by atoms with Gasteiger partial charge in [0.15, 0.2) is 0 Å². The van der Waals surface area contributed by atoms with Gasteiger partial charge in [-0.3, -0.25) is 14.6 Å². The predicted octanol–water partition coefficient (Wildman–Crippen LogP) is 2.13. The molecule has 1 heterocycles. The number of esters is 1. The van der Waals surface area contributed by atoms with Crippen molar-refractivity contribution in [1.29, 1.82) is 0 Å². The summed E-state index contributed by atoms with van der Waals surface area (Å²) < 4.78 is 41.7. The largest absolute Gasteiger partial charge is 0.469 e. The van der Waals surface area contributed by atoms with Crippen LogP contribution in [0.5, 0.6) is 0 Å². The third-order valence-electron chi connectivity index (χ3n) is 2.79. The SMILES string of the molecule is CCN(CCC(=O)OC)C(=O)c1ccc(C(F)(F)F)cn1. The number of rotatable bonds is 5. The van der Waals surface area contributed by atoms with Crippen LogP contribution < -0.4 is 0 Å². The van der Waals surface area contributed by atoms with Crippen LogP contribution in [0.2, 0.25) is 0 Å². The summed E-state index contributed by atoms with van der Waals surface area (Å²) in [4.78, 5) is 28.0. The number of nitrogens with zero attached hydrogens (tertiary/aromatic N) is 2. The van der Waals surface area contributed by atoms with Gasteiger partial charge in [0.25, 0.3) is 5.91 Å². The van der Waals surface area contributed by atoms with E-state index in [9.17, 15) is 22.8 Å². The smallest absolute Gasteiger partial charge is 0.417 e. The molecule has 0 saturated heterocycles. The molecule has 0 aliphatic carbocycles. The number of carbonyl (C=O) groups is 2. The molecule has 0 aliphatic rings. The van der Waals surface area contributed by atoms with Crippen molar-refractivity contribution < 1.29 is 27.5 Å². The molecule has 0 spiro atoms. The molecule has 0 bridgehead atoms. The highest BCUT2D eigenvalue weighted by molar-refractivity contribution is 5.92. The Labute approximate surface area is 119 Å². The fraction of sp³-hybridized carbons (Fsp3) is 0.462. The summed E-state index contributed by atoms with van der Waals surface area (Å²) in [5.74, 6) is -1.00. The Morgan fingerprint density at radius 2 is 2.00 bits per heavy atom. The molecule has 1 aromatic rings. The number of ether oxygens (including phenoxy) is 1. The Balaban J connectivity index is 2.78. The quantitative estimate of drug-likeness (QED) is 0.782. The Kier molecular flexibility index (Phi) is 5.69. The zero-order valence-electron chi connectivity index (χ0n) is 11.6. The summed E-state index contributed by atoms with van der Waals surface area (Å²) in [6.45, 7) is 2.11. The van der Waals surface area contributed by atoms with Crippen LogP contribution in [0.4, 0.5) is 13.2 Å². The van der Waals surface area contributed by atoms with Crippen molar-refractivity contribution in [2.75, 3.05) is 20.2 Å².